The van der Waals surface area contributed by atoms with Crippen LogP contribution >= 0.6 is 11.6 Å². The van der Waals surface area contributed by atoms with E-state index in [1.807, 2.05) is 18.2 Å². The summed E-state index contributed by atoms with van der Waals surface area (Å²) in [6, 6.07) is 7.98. The summed E-state index contributed by atoms with van der Waals surface area (Å²) >= 11 is 5.81. The Bertz CT molecular complexity index is 272. The fraction of sp³-hybridized carbons (Fsp3) is 0.333. The summed E-state index contributed by atoms with van der Waals surface area (Å²) in [6.45, 7) is 8.24. The van der Waals surface area contributed by atoms with Gasteiger partial charge in [-0.15, -0.1) is 6.58 Å². The quantitative estimate of drug-likeness (QED) is 0.631. The zero-order chi connectivity index (χ0) is 9.84. The van der Waals surface area contributed by atoms with E-state index in [0.29, 0.717) is 11.8 Å². The van der Waals surface area contributed by atoms with E-state index in [4.69, 9.17) is 11.6 Å². The first-order chi connectivity index (χ1) is 6.15. The molecule has 1 atom stereocenters. The molecule has 0 saturated carbocycles. The van der Waals surface area contributed by atoms with Crippen LogP contribution in [0.2, 0.25) is 5.02 Å². The Balaban J connectivity index is 2.92. The third-order valence-electron chi connectivity index (χ3n) is 2.23. The summed E-state index contributed by atoms with van der Waals surface area (Å²) in [5.74, 6) is 1.01. The lowest BCUT2D eigenvalue weighted by Gasteiger charge is -2.16. The van der Waals surface area contributed by atoms with Crippen molar-refractivity contribution >= 4 is 11.6 Å². The summed E-state index contributed by atoms with van der Waals surface area (Å²) in [5.41, 5.74) is 1.29. The molecule has 70 valence electrons. The van der Waals surface area contributed by atoms with Crippen LogP contribution in [0, 0.1) is 5.92 Å². The molecule has 0 amide bonds. The maximum absolute atomic E-state index is 5.81. The Hall–Kier alpha value is -0.750. The van der Waals surface area contributed by atoms with Crippen molar-refractivity contribution < 1.29 is 0 Å². The zero-order valence-electron chi connectivity index (χ0n) is 8.13. The monoisotopic (exact) mass is 194 g/mol. The molecule has 0 spiro atoms. The Kier molecular flexibility index (Phi) is 3.56. The van der Waals surface area contributed by atoms with Gasteiger partial charge in [-0.1, -0.05) is 43.7 Å². The highest BCUT2D eigenvalue weighted by atomic mass is 35.5. The molecule has 0 fully saturated rings. The van der Waals surface area contributed by atoms with Crippen molar-refractivity contribution in [3.63, 3.8) is 0 Å². The molecule has 1 aromatic carbocycles. The van der Waals surface area contributed by atoms with Gasteiger partial charge in [-0.2, -0.15) is 0 Å². The average molecular weight is 195 g/mol. The molecule has 0 radical (unpaired) electrons. The minimum Gasteiger partial charge on any atom is -0.102 e. The van der Waals surface area contributed by atoms with E-state index in [-0.39, 0.29) is 0 Å². The molecule has 1 aromatic rings. The molecular weight excluding hydrogens is 180 g/mol. The Morgan fingerprint density at radius 3 is 2.15 bits per heavy atom. The van der Waals surface area contributed by atoms with Crippen LogP contribution in [0.25, 0.3) is 0 Å². The highest BCUT2D eigenvalue weighted by Gasteiger charge is 2.10. The molecule has 0 aliphatic heterocycles. The maximum Gasteiger partial charge on any atom is 0.0406 e. The van der Waals surface area contributed by atoms with E-state index >= 15 is 0 Å². The molecule has 0 nitrogen and oxygen atoms in total. The first kappa shape index (κ1) is 10.3. The normalized spacial score (nSPS) is 12.9. The molecule has 13 heavy (non-hydrogen) atoms. The van der Waals surface area contributed by atoms with Crippen molar-refractivity contribution in [1.29, 1.82) is 0 Å². The van der Waals surface area contributed by atoms with Gasteiger partial charge in [0.1, 0.15) is 0 Å². The molecule has 0 unspecified atom stereocenters. The highest BCUT2D eigenvalue weighted by molar-refractivity contribution is 6.30. The summed E-state index contributed by atoms with van der Waals surface area (Å²) in [4.78, 5) is 0. The van der Waals surface area contributed by atoms with E-state index in [2.05, 4.69) is 32.6 Å². The highest BCUT2D eigenvalue weighted by Crippen LogP contribution is 2.26. The van der Waals surface area contributed by atoms with Gasteiger partial charge in [0.2, 0.25) is 0 Å². The average Bonchev–Trinajstić information content (AvgIpc) is 2.09. The number of allylic oxidation sites excluding steroid dienone is 1. The van der Waals surface area contributed by atoms with Gasteiger partial charge in [-0.05, 0) is 23.6 Å². The fourth-order valence-electron chi connectivity index (χ4n) is 1.48. The molecule has 0 N–H and O–H groups in total. The standard InChI is InChI=1S/C12H15Cl/c1-4-12(9(2)3)10-5-7-11(13)8-6-10/h4-9,12H,1H2,2-3H3/t12-/m0/s1. The summed E-state index contributed by atoms with van der Waals surface area (Å²) in [6.07, 6.45) is 1.99. The van der Waals surface area contributed by atoms with Crippen LogP contribution < -0.4 is 0 Å². The van der Waals surface area contributed by atoms with Crippen LogP contribution in [0.3, 0.4) is 0 Å². The van der Waals surface area contributed by atoms with Gasteiger partial charge >= 0.3 is 0 Å². The van der Waals surface area contributed by atoms with E-state index in [1.54, 1.807) is 0 Å². The van der Waals surface area contributed by atoms with Crippen LogP contribution in [0.4, 0.5) is 0 Å². The smallest absolute Gasteiger partial charge is 0.0406 e. The van der Waals surface area contributed by atoms with Crippen molar-refractivity contribution in [2.75, 3.05) is 0 Å². The zero-order valence-corrected chi connectivity index (χ0v) is 8.88. The van der Waals surface area contributed by atoms with Gasteiger partial charge < -0.3 is 0 Å². The van der Waals surface area contributed by atoms with Gasteiger partial charge in [0.25, 0.3) is 0 Å². The maximum atomic E-state index is 5.81. The SMILES string of the molecule is C=C[C@H](c1ccc(Cl)cc1)C(C)C. The van der Waals surface area contributed by atoms with Crippen LogP contribution in [0.5, 0.6) is 0 Å². The van der Waals surface area contributed by atoms with Crippen molar-refractivity contribution in [3.05, 3.63) is 47.5 Å². The minimum atomic E-state index is 0.428. The van der Waals surface area contributed by atoms with E-state index in [9.17, 15) is 0 Å². The lowest BCUT2D eigenvalue weighted by molar-refractivity contribution is 0.579. The van der Waals surface area contributed by atoms with E-state index < -0.39 is 0 Å². The first-order valence-corrected chi connectivity index (χ1v) is 4.91. The second-order valence-corrected chi connectivity index (χ2v) is 3.99. The lowest BCUT2D eigenvalue weighted by Crippen LogP contribution is -2.02. The lowest BCUT2D eigenvalue weighted by atomic mass is 9.89. The number of benzene rings is 1. The predicted molar refractivity (Wildman–Crippen MR) is 59.2 cm³/mol. The minimum absolute atomic E-state index is 0.428. The summed E-state index contributed by atoms with van der Waals surface area (Å²) < 4.78 is 0. The van der Waals surface area contributed by atoms with Gasteiger partial charge in [0, 0.05) is 10.9 Å². The molecule has 0 aliphatic carbocycles. The van der Waals surface area contributed by atoms with Gasteiger partial charge in [0.05, 0.1) is 0 Å². The topological polar surface area (TPSA) is 0 Å². The third-order valence-corrected chi connectivity index (χ3v) is 2.48. The molecule has 1 rings (SSSR count). The second kappa shape index (κ2) is 4.48. The van der Waals surface area contributed by atoms with Crippen LogP contribution in [0.15, 0.2) is 36.9 Å². The van der Waals surface area contributed by atoms with E-state index in [1.165, 1.54) is 5.56 Å². The molecule has 1 heteroatoms. The molecule has 0 saturated heterocycles. The van der Waals surface area contributed by atoms with Crippen LogP contribution in [-0.2, 0) is 0 Å². The Morgan fingerprint density at radius 2 is 1.77 bits per heavy atom. The van der Waals surface area contributed by atoms with Crippen molar-refractivity contribution in [1.82, 2.24) is 0 Å². The number of rotatable bonds is 3. The van der Waals surface area contributed by atoms with E-state index in [0.717, 1.165) is 5.02 Å². The van der Waals surface area contributed by atoms with Gasteiger partial charge in [0.15, 0.2) is 0 Å². The first-order valence-electron chi connectivity index (χ1n) is 4.53. The molecule has 0 aromatic heterocycles. The molecule has 0 bridgehead atoms. The third kappa shape index (κ3) is 2.60. The second-order valence-electron chi connectivity index (χ2n) is 3.56. The van der Waals surface area contributed by atoms with Crippen molar-refractivity contribution in [2.24, 2.45) is 5.92 Å². The Labute approximate surface area is 85.2 Å². The molecular formula is C12H15Cl. The number of halogens is 1. The van der Waals surface area contributed by atoms with Crippen molar-refractivity contribution in [3.8, 4) is 0 Å². The fourth-order valence-corrected chi connectivity index (χ4v) is 1.60. The molecule has 0 aliphatic rings. The van der Waals surface area contributed by atoms with Gasteiger partial charge in [-0.3, -0.25) is 0 Å². The Morgan fingerprint density at radius 1 is 1.23 bits per heavy atom. The van der Waals surface area contributed by atoms with Gasteiger partial charge in [-0.25, -0.2) is 0 Å². The molecule has 0 heterocycles. The van der Waals surface area contributed by atoms with Crippen LogP contribution in [0.1, 0.15) is 25.3 Å². The summed E-state index contributed by atoms with van der Waals surface area (Å²) in [5, 5.41) is 0.787. The number of hydrogen-bond donors (Lipinski definition) is 0. The van der Waals surface area contributed by atoms with Crippen LogP contribution in [-0.4, -0.2) is 0 Å². The predicted octanol–water partition coefficient (Wildman–Crippen LogP) is 4.27. The van der Waals surface area contributed by atoms with Crippen molar-refractivity contribution in [2.45, 2.75) is 19.8 Å². The summed E-state index contributed by atoms with van der Waals surface area (Å²) in [7, 11) is 0. The largest absolute Gasteiger partial charge is 0.102 e. The number of hydrogen-bond acceptors (Lipinski definition) is 0.